The molecule has 2 aliphatic rings. The Morgan fingerprint density at radius 1 is 0.929 bits per heavy atom. The molecule has 1 amide bonds. The van der Waals surface area contributed by atoms with Gasteiger partial charge in [0.25, 0.3) is 0 Å². The van der Waals surface area contributed by atoms with E-state index in [1.807, 2.05) is 0 Å². The van der Waals surface area contributed by atoms with Crippen LogP contribution >= 0.6 is 24.8 Å². The van der Waals surface area contributed by atoms with Crippen LogP contribution < -0.4 is 5.32 Å². The van der Waals surface area contributed by atoms with Crippen LogP contribution in [-0.2, 0) is 0 Å². The van der Waals surface area contributed by atoms with Crippen molar-refractivity contribution in [3.63, 3.8) is 0 Å². The van der Waals surface area contributed by atoms with E-state index in [2.05, 4.69) is 70.9 Å². The summed E-state index contributed by atoms with van der Waals surface area (Å²) in [5, 5.41) is 12.9. The summed E-state index contributed by atoms with van der Waals surface area (Å²) < 4.78 is 0. The smallest absolute Gasteiger partial charge is 0.407 e. The van der Waals surface area contributed by atoms with Crippen LogP contribution in [0.5, 0.6) is 0 Å². The predicted octanol–water partition coefficient (Wildman–Crippen LogP) is 3.30. The number of hydrogen-bond donors (Lipinski definition) is 2. The molecule has 2 fully saturated rings. The first kappa shape index (κ1) is 22.5. The predicted molar refractivity (Wildman–Crippen MR) is 116 cm³/mol. The van der Waals surface area contributed by atoms with E-state index in [1.54, 1.807) is 4.90 Å². The molecule has 2 atom stereocenters. The first-order valence-electron chi connectivity index (χ1n) is 9.28. The second kappa shape index (κ2) is 10.1. The second-order valence-electron chi connectivity index (χ2n) is 7.14. The molecule has 0 aromatic heterocycles. The third kappa shape index (κ3) is 4.61. The van der Waals surface area contributed by atoms with Gasteiger partial charge in [0.15, 0.2) is 0 Å². The van der Waals surface area contributed by atoms with Crippen LogP contribution in [0.2, 0.25) is 0 Å². The van der Waals surface area contributed by atoms with E-state index in [-0.39, 0.29) is 36.8 Å². The van der Waals surface area contributed by atoms with Gasteiger partial charge in [-0.05, 0) is 11.1 Å². The topological polar surface area (TPSA) is 55.8 Å². The number of nitrogens with one attached hydrogen (secondary N) is 1. The second-order valence-corrected chi connectivity index (χ2v) is 7.14. The summed E-state index contributed by atoms with van der Waals surface area (Å²) in [6, 6.07) is 21.9. The van der Waals surface area contributed by atoms with Crippen molar-refractivity contribution in [2.75, 3.05) is 32.7 Å². The van der Waals surface area contributed by atoms with Gasteiger partial charge in [-0.25, -0.2) is 4.79 Å². The molecule has 4 rings (SSSR count). The lowest BCUT2D eigenvalue weighted by Crippen LogP contribution is -2.66. The minimum Gasteiger partial charge on any atom is -0.465 e. The average molecular weight is 424 g/mol. The maximum Gasteiger partial charge on any atom is 0.407 e. The van der Waals surface area contributed by atoms with Gasteiger partial charge in [-0.15, -0.1) is 24.8 Å². The van der Waals surface area contributed by atoms with E-state index in [0.29, 0.717) is 19.1 Å². The quantitative estimate of drug-likeness (QED) is 0.794. The number of rotatable bonds is 3. The monoisotopic (exact) mass is 423 g/mol. The Hall–Kier alpha value is -1.79. The number of carboxylic acid groups (broad SMARTS) is 1. The van der Waals surface area contributed by atoms with Gasteiger partial charge >= 0.3 is 6.09 Å². The summed E-state index contributed by atoms with van der Waals surface area (Å²) in [6.45, 7) is 3.71. The summed E-state index contributed by atoms with van der Waals surface area (Å²) in [4.78, 5) is 15.4. The van der Waals surface area contributed by atoms with Gasteiger partial charge in [0.05, 0.1) is 0 Å². The summed E-state index contributed by atoms with van der Waals surface area (Å²) in [6.07, 6.45) is -0.811. The lowest BCUT2D eigenvalue weighted by atomic mass is 9.82. The van der Waals surface area contributed by atoms with Gasteiger partial charge in [0.2, 0.25) is 0 Å². The van der Waals surface area contributed by atoms with Gasteiger partial charge in [-0.3, -0.25) is 4.90 Å². The molecule has 2 heterocycles. The molecular formula is C21H27Cl2N3O2. The van der Waals surface area contributed by atoms with Crippen molar-refractivity contribution in [1.82, 2.24) is 15.1 Å². The fourth-order valence-electron chi connectivity index (χ4n) is 4.44. The molecule has 28 heavy (non-hydrogen) atoms. The Labute approximate surface area is 178 Å². The highest BCUT2D eigenvalue weighted by atomic mass is 35.5. The summed E-state index contributed by atoms with van der Waals surface area (Å²) in [5.74, 6) is 0.268. The normalized spacial score (nSPS) is 22.0. The van der Waals surface area contributed by atoms with Crippen LogP contribution in [0.25, 0.3) is 0 Å². The molecule has 7 heteroatoms. The molecule has 0 saturated carbocycles. The molecule has 2 aromatic carbocycles. The van der Waals surface area contributed by atoms with Gasteiger partial charge in [-0.2, -0.15) is 0 Å². The van der Waals surface area contributed by atoms with E-state index >= 15 is 0 Å². The largest absolute Gasteiger partial charge is 0.465 e. The third-order valence-electron chi connectivity index (χ3n) is 5.66. The van der Waals surface area contributed by atoms with Crippen molar-refractivity contribution in [1.29, 1.82) is 0 Å². The van der Waals surface area contributed by atoms with Gasteiger partial charge in [0.1, 0.15) is 0 Å². The number of benzene rings is 2. The van der Waals surface area contributed by atoms with Crippen LogP contribution in [0.15, 0.2) is 60.7 Å². The highest BCUT2D eigenvalue weighted by Crippen LogP contribution is 2.33. The molecule has 2 N–H and O–H groups in total. The zero-order valence-electron chi connectivity index (χ0n) is 15.6. The van der Waals surface area contributed by atoms with Crippen molar-refractivity contribution in [2.45, 2.75) is 18.0 Å². The first-order valence-corrected chi connectivity index (χ1v) is 9.28. The summed E-state index contributed by atoms with van der Waals surface area (Å²) in [7, 11) is 0. The summed E-state index contributed by atoms with van der Waals surface area (Å²) >= 11 is 0. The number of fused-ring (bicyclic) bond motifs is 1. The van der Waals surface area contributed by atoms with Crippen molar-refractivity contribution in [2.24, 2.45) is 0 Å². The maximum absolute atomic E-state index is 11.4. The molecular weight excluding hydrogens is 397 g/mol. The Bertz CT molecular complexity index is 708. The molecule has 2 saturated heterocycles. The SMILES string of the molecule is Cl.Cl.O=C(O)N1CCN2C(C(c3ccccc3)c3ccccc3)CNC[C@@H]2C1. The minimum atomic E-state index is -0.811. The highest BCUT2D eigenvalue weighted by molar-refractivity contribution is 5.85. The number of halogens is 2. The minimum absolute atomic E-state index is 0. The fraction of sp³-hybridized carbons (Fsp3) is 0.381. The number of piperazine rings is 2. The Kier molecular flexibility index (Phi) is 8.13. The van der Waals surface area contributed by atoms with E-state index < -0.39 is 6.09 Å². The van der Waals surface area contributed by atoms with E-state index in [4.69, 9.17) is 0 Å². The average Bonchev–Trinajstić information content (AvgIpc) is 2.69. The van der Waals surface area contributed by atoms with E-state index in [0.717, 1.165) is 19.6 Å². The number of carbonyl (C=O) groups is 1. The number of hydrogen-bond acceptors (Lipinski definition) is 3. The van der Waals surface area contributed by atoms with Gasteiger partial charge in [-0.1, -0.05) is 60.7 Å². The molecule has 2 aromatic rings. The standard InChI is InChI=1S/C21H25N3O2.2ClH/c25-21(26)23-11-12-24-18(15-23)13-22-14-19(24)20(16-7-3-1-4-8-16)17-9-5-2-6-10-17;;/h1-10,18-20,22H,11-15H2,(H,25,26);2*1H/t18-,19?;;/m1../s1. The van der Waals surface area contributed by atoms with E-state index in [1.165, 1.54) is 11.1 Å². The Morgan fingerprint density at radius 3 is 2.04 bits per heavy atom. The van der Waals surface area contributed by atoms with Crippen molar-refractivity contribution in [3.8, 4) is 0 Å². The maximum atomic E-state index is 11.4. The lowest BCUT2D eigenvalue weighted by molar-refractivity contribution is 0.0179. The van der Waals surface area contributed by atoms with Crippen molar-refractivity contribution >= 4 is 30.9 Å². The zero-order chi connectivity index (χ0) is 17.9. The molecule has 5 nitrogen and oxygen atoms in total. The highest BCUT2D eigenvalue weighted by Gasteiger charge is 2.40. The molecule has 0 aliphatic carbocycles. The number of nitrogens with zero attached hydrogens (tertiary/aromatic N) is 2. The molecule has 0 spiro atoms. The van der Waals surface area contributed by atoms with Gasteiger partial charge < -0.3 is 15.3 Å². The van der Waals surface area contributed by atoms with Crippen LogP contribution in [0.3, 0.4) is 0 Å². The Morgan fingerprint density at radius 2 is 1.50 bits per heavy atom. The van der Waals surface area contributed by atoms with Crippen molar-refractivity contribution in [3.05, 3.63) is 71.8 Å². The Balaban J connectivity index is 0.00000140. The van der Waals surface area contributed by atoms with E-state index in [9.17, 15) is 9.90 Å². The molecule has 1 unspecified atom stereocenters. The molecule has 152 valence electrons. The fourth-order valence-corrected chi connectivity index (χ4v) is 4.44. The summed E-state index contributed by atoms with van der Waals surface area (Å²) in [5.41, 5.74) is 2.62. The lowest BCUT2D eigenvalue weighted by Gasteiger charge is -2.50. The number of amides is 1. The molecule has 0 bridgehead atoms. The zero-order valence-corrected chi connectivity index (χ0v) is 17.2. The van der Waals surface area contributed by atoms with Crippen LogP contribution in [0, 0.1) is 0 Å². The first-order chi connectivity index (χ1) is 12.7. The molecule has 2 aliphatic heterocycles. The molecule has 0 radical (unpaired) electrons. The van der Waals surface area contributed by atoms with Crippen LogP contribution in [0.4, 0.5) is 4.79 Å². The van der Waals surface area contributed by atoms with Crippen molar-refractivity contribution < 1.29 is 9.90 Å². The van der Waals surface area contributed by atoms with Gasteiger partial charge in [0, 0.05) is 50.7 Å². The third-order valence-corrected chi connectivity index (χ3v) is 5.66. The van der Waals surface area contributed by atoms with Crippen LogP contribution in [-0.4, -0.2) is 65.8 Å². The van der Waals surface area contributed by atoms with Crippen LogP contribution in [0.1, 0.15) is 17.0 Å².